The Balaban J connectivity index is 1.77. The van der Waals surface area contributed by atoms with Crippen molar-refractivity contribution >= 4 is 22.4 Å². The van der Waals surface area contributed by atoms with Crippen LogP contribution in [0, 0.1) is 0 Å². The second-order valence-electron chi connectivity index (χ2n) is 3.63. The van der Waals surface area contributed by atoms with Crippen molar-refractivity contribution in [3.63, 3.8) is 0 Å². The summed E-state index contributed by atoms with van der Waals surface area (Å²) in [6.07, 6.45) is 4.84. The lowest BCUT2D eigenvalue weighted by molar-refractivity contribution is 0.102. The third-order valence-electron chi connectivity index (χ3n) is 2.41. The molecule has 7 nitrogen and oxygen atoms in total. The molecule has 1 N–H and O–H groups in total. The third kappa shape index (κ3) is 2.47. The van der Waals surface area contributed by atoms with Crippen LogP contribution >= 0.6 is 11.5 Å². The molecule has 0 aliphatic rings. The summed E-state index contributed by atoms with van der Waals surface area (Å²) in [5.74, 6) is -0.198. The van der Waals surface area contributed by atoms with Crippen molar-refractivity contribution < 1.29 is 4.79 Å². The Morgan fingerprint density at radius 3 is 2.68 bits per heavy atom. The van der Waals surface area contributed by atoms with Crippen LogP contribution in [0.4, 0.5) is 5.00 Å². The van der Waals surface area contributed by atoms with Crippen molar-refractivity contribution in [2.24, 2.45) is 0 Å². The predicted octanol–water partition coefficient (Wildman–Crippen LogP) is 1.37. The number of hydrogen-bond donors (Lipinski definition) is 1. The van der Waals surface area contributed by atoms with Crippen molar-refractivity contribution in [1.29, 1.82) is 0 Å². The Kier molecular flexibility index (Phi) is 2.99. The maximum Gasteiger partial charge on any atom is 0.256 e. The Bertz CT molecular complexity index is 662. The first-order valence-electron chi connectivity index (χ1n) is 5.38. The lowest BCUT2D eigenvalue weighted by atomic mass is 10.2. The normalized spacial score (nSPS) is 10.3. The first-order valence-corrected chi connectivity index (χ1v) is 6.16. The second kappa shape index (κ2) is 4.94. The van der Waals surface area contributed by atoms with Crippen molar-refractivity contribution in [2.45, 2.75) is 0 Å². The number of anilines is 1. The number of hydrogen-bond acceptors (Lipinski definition) is 6. The highest BCUT2D eigenvalue weighted by molar-refractivity contribution is 7.10. The summed E-state index contributed by atoms with van der Waals surface area (Å²) < 4.78 is 5.30. The topological polar surface area (TPSA) is 85.6 Å². The summed E-state index contributed by atoms with van der Waals surface area (Å²) in [6, 6.07) is 7.05. The summed E-state index contributed by atoms with van der Waals surface area (Å²) in [7, 11) is 0. The number of carbonyl (C=O) groups excluding carboxylic acids is 1. The van der Waals surface area contributed by atoms with Crippen LogP contribution in [0.1, 0.15) is 10.4 Å². The number of amides is 1. The Morgan fingerprint density at radius 2 is 2.05 bits per heavy atom. The van der Waals surface area contributed by atoms with E-state index in [-0.39, 0.29) is 5.91 Å². The average molecular weight is 272 g/mol. The zero-order chi connectivity index (χ0) is 13.1. The molecular formula is C11H8N6OS. The first kappa shape index (κ1) is 11.5. The van der Waals surface area contributed by atoms with Crippen LogP contribution in [0.25, 0.3) is 5.69 Å². The quantitative estimate of drug-likeness (QED) is 0.778. The van der Waals surface area contributed by atoms with Crippen molar-refractivity contribution in [1.82, 2.24) is 24.6 Å². The monoisotopic (exact) mass is 272 g/mol. The van der Waals surface area contributed by atoms with E-state index < -0.39 is 0 Å². The molecule has 1 amide bonds. The van der Waals surface area contributed by atoms with Gasteiger partial charge in [-0.1, -0.05) is 9.70 Å². The Morgan fingerprint density at radius 1 is 1.21 bits per heavy atom. The zero-order valence-electron chi connectivity index (χ0n) is 9.59. The molecule has 0 atom stereocenters. The number of aromatic nitrogens is 5. The fourth-order valence-electron chi connectivity index (χ4n) is 1.52. The largest absolute Gasteiger partial charge is 0.311 e. The average Bonchev–Trinajstić information content (AvgIpc) is 3.12. The Labute approximate surface area is 112 Å². The molecule has 3 rings (SSSR count). The van der Waals surface area contributed by atoms with Crippen LogP contribution in [0.15, 0.2) is 42.9 Å². The summed E-state index contributed by atoms with van der Waals surface area (Å²) >= 11 is 1.13. The standard InChI is InChI=1S/C11H8N6OS/c18-11(14-10-7-13-16-19-10)8-1-3-9(4-2-8)17-6-5-12-15-17/h1-7H,(H,14,18). The highest BCUT2D eigenvalue weighted by Gasteiger charge is 2.07. The van der Waals surface area contributed by atoms with Gasteiger partial charge in [-0.05, 0) is 24.3 Å². The lowest BCUT2D eigenvalue weighted by Gasteiger charge is -2.03. The number of nitrogens with one attached hydrogen (secondary N) is 1. The van der Waals surface area contributed by atoms with E-state index in [1.807, 2.05) is 0 Å². The molecule has 0 aliphatic carbocycles. The Hall–Kier alpha value is -2.61. The van der Waals surface area contributed by atoms with Gasteiger partial charge in [0.15, 0.2) is 0 Å². The summed E-state index contributed by atoms with van der Waals surface area (Å²) in [5.41, 5.74) is 1.39. The molecule has 0 spiro atoms. The smallest absolute Gasteiger partial charge is 0.256 e. The molecule has 8 heteroatoms. The van der Waals surface area contributed by atoms with Gasteiger partial charge in [-0.15, -0.1) is 10.2 Å². The van der Waals surface area contributed by atoms with Gasteiger partial charge in [0.1, 0.15) is 5.00 Å². The zero-order valence-corrected chi connectivity index (χ0v) is 10.4. The molecule has 0 radical (unpaired) electrons. The third-order valence-corrected chi connectivity index (χ3v) is 2.99. The summed E-state index contributed by atoms with van der Waals surface area (Å²) in [4.78, 5) is 11.9. The van der Waals surface area contributed by atoms with E-state index in [0.717, 1.165) is 17.2 Å². The minimum atomic E-state index is -0.198. The number of rotatable bonds is 3. The second-order valence-corrected chi connectivity index (χ2v) is 4.42. The number of carbonyl (C=O) groups is 1. The fraction of sp³-hybridized carbons (Fsp3) is 0. The van der Waals surface area contributed by atoms with Crippen LogP contribution < -0.4 is 5.32 Å². The molecule has 0 bridgehead atoms. The SMILES string of the molecule is O=C(Nc1cnns1)c1ccc(-n2ccnn2)cc1. The van der Waals surface area contributed by atoms with Crippen molar-refractivity contribution in [3.8, 4) is 5.69 Å². The van der Waals surface area contributed by atoms with Gasteiger partial charge in [0.05, 0.1) is 24.3 Å². The predicted molar refractivity (Wildman–Crippen MR) is 69.2 cm³/mol. The number of benzene rings is 1. The molecule has 0 aliphatic heterocycles. The molecule has 1 aromatic carbocycles. The molecular weight excluding hydrogens is 264 g/mol. The minimum absolute atomic E-state index is 0.198. The van der Waals surface area contributed by atoms with Crippen LogP contribution in [-0.4, -0.2) is 30.5 Å². The highest BCUT2D eigenvalue weighted by atomic mass is 32.1. The van der Waals surface area contributed by atoms with Crippen LogP contribution in [0.5, 0.6) is 0 Å². The maximum atomic E-state index is 11.9. The summed E-state index contributed by atoms with van der Waals surface area (Å²) in [5, 5.41) is 14.6. The van der Waals surface area contributed by atoms with E-state index in [2.05, 4.69) is 25.2 Å². The minimum Gasteiger partial charge on any atom is -0.311 e. The molecule has 0 saturated heterocycles. The van der Waals surface area contributed by atoms with E-state index in [1.54, 1.807) is 41.3 Å². The highest BCUT2D eigenvalue weighted by Crippen LogP contribution is 2.13. The number of nitrogens with zero attached hydrogens (tertiary/aromatic N) is 5. The van der Waals surface area contributed by atoms with E-state index in [9.17, 15) is 4.79 Å². The van der Waals surface area contributed by atoms with Gasteiger partial charge >= 0.3 is 0 Å². The molecule has 2 aromatic heterocycles. The van der Waals surface area contributed by atoms with Gasteiger partial charge in [-0.3, -0.25) is 4.79 Å². The molecule has 0 unspecified atom stereocenters. The van der Waals surface area contributed by atoms with Gasteiger partial charge in [0.2, 0.25) is 0 Å². The van der Waals surface area contributed by atoms with E-state index in [4.69, 9.17) is 0 Å². The van der Waals surface area contributed by atoms with Gasteiger partial charge in [0.25, 0.3) is 5.91 Å². The van der Waals surface area contributed by atoms with E-state index >= 15 is 0 Å². The maximum absolute atomic E-state index is 11.9. The fourth-order valence-corrected chi connectivity index (χ4v) is 1.93. The molecule has 3 aromatic rings. The molecule has 2 heterocycles. The molecule has 0 saturated carbocycles. The molecule has 94 valence electrons. The lowest BCUT2D eigenvalue weighted by Crippen LogP contribution is -2.10. The molecule has 0 fully saturated rings. The molecule has 19 heavy (non-hydrogen) atoms. The van der Waals surface area contributed by atoms with Crippen LogP contribution in [0.2, 0.25) is 0 Å². The van der Waals surface area contributed by atoms with Crippen LogP contribution in [-0.2, 0) is 0 Å². The van der Waals surface area contributed by atoms with Gasteiger partial charge < -0.3 is 5.32 Å². The first-order chi connectivity index (χ1) is 9.33. The van der Waals surface area contributed by atoms with Gasteiger partial charge in [0, 0.05) is 17.1 Å². The summed E-state index contributed by atoms with van der Waals surface area (Å²) in [6.45, 7) is 0. The van der Waals surface area contributed by atoms with E-state index in [0.29, 0.717) is 10.6 Å². The van der Waals surface area contributed by atoms with Gasteiger partial charge in [-0.25, -0.2) is 4.68 Å². The van der Waals surface area contributed by atoms with Crippen molar-refractivity contribution in [3.05, 3.63) is 48.4 Å². The van der Waals surface area contributed by atoms with E-state index in [1.165, 1.54) is 6.20 Å². The van der Waals surface area contributed by atoms with Gasteiger partial charge in [-0.2, -0.15) is 0 Å². The van der Waals surface area contributed by atoms with Crippen LogP contribution in [0.3, 0.4) is 0 Å². The van der Waals surface area contributed by atoms with Crippen molar-refractivity contribution in [2.75, 3.05) is 5.32 Å².